The number of carbonyl (C=O) groups is 2. The lowest BCUT2D eigenvalue weighted by atomic mass is 10.1. The van der Waals surface area contributed by atoms with Crippen LogP contribution >= 0.6 is 0 Å². The van der Waals surface area contributed by atoms with Gasteiger partial charge in [-0.05, 0) is 43.2 Å². The summed E-state index contributed by atoms with van der Waals surface area (Å²) in [6.07, 6.45) is 0.363. The zero-order valence-corrected chi connectivity index (χ0v) is 16.1. The topological polar surface area (TPSA) is 88.4 Å². The zero-order chi connectivity index (χ0) is 20.5. The molecule has 0 saturated carbocycles. The third kappa shape index (κ3) is 5.99. The number of methoxy groups -OCH3 is 1. The van der Waals surface area contributed by atoms with Crippen LogP contribution in [0.3, 0.4) is 0 Å². The molecule has 0 unspecified atom stereocenters. The van der Waals surface area contributed by atoms with Gasteiger partial charge in [0.2, 0.25) is 0 Å². The molecule has 0 aliphatic carbocycles. The van der Waals surface area contributed by atoms with Crippen LogP contribution in [0.15, 0.2) is 54.1 Å². The molecule has 0 aromatic heterocycles. The average molecular weight is 378 g/mol. The minimum absolute atomic E-state index is 0.202. The molecule has 2 aromatic rings. The Bertz CT molecular complexity index is 911. The van der Waals surface area contributed by atoms with Gasteiger partial charge in [-0.3, -0.25) is 4.79 Å². The van der Waals surface area contributed by atoms with E-state index in [2.05, 4.69) is 5.32 Å². The van der Waals surface area contributed by atoms with Crippen LogP contribution in [0.2, 0.25) is 0 Å². The number of nitrogens with zero attached hydrogens (tertiary/aromatic N) is 1. The molecule has 2 rings (SSSR count). The first-order valence-electron chi connectivity index (χ1n) is 8.73. The van der Waals surface area contributed by atoms with E-state index in [1.165, 1.54) is 20.1 Å². The molecular weight excluding hydrogens is 356 g/mol. The molecule has 28 heavy (non-hydrogen) atoms. The minimum atomic E-state index is -1.03. The van der Waals surface area contributed by atoms with E-state index in [1.807, 2.05) is 37.3 Å². The van der Waals surface area contributed by atoms with Crippen LogP contribution in [-0.2, 0) is 20.9 Å². The van der Waals surface area contributed by atoms with Gasteiger partial charge in [0.25, 0.3) is 5.91 Å². The maximum absolute atomic E-state index is 12.2. The first-order chi connectivity index (χ1) is 13.4. The number of hydrogen-bond donors (Lipinski definition) is 1. The second kappa shape index (κ2) is 9.93. The fourth-order valence-corrected chi connectivity index (χ4v) is 2.35. The van der Waals surface area contributed by atoms with Crippen molar-refractivity contribution in [3.05, 3.63) is 70.8 Å². The molecule has 0 fully saturated rings. The number of benzene rings is 2. The Labute approximate surface area is 164 Å². The predicted octanol–water partition coefficient (Wildman–Crippen LogP) is 3.16. The van der Waals surface area contributed by atoms with E-state index in [0.717, 1.165) is 11.1 Å². The van der Waals surface area contributed by atoms with E-state index in [1.54, 1.807) is 24.3 Å². The highest BCUT2D eigenvalue weighted by Gasteiger charge is 2.20. The fraction of sp³-hybridized carbons (Fsp3) is 0.227. The summed E-state index contributed by atoms with van der Waals surface area (Å²) in [5.41, 5.74) is 2.48. The number of rotatable bonds is 7. The van der Waals surface area contributed by atoms with Crippen molar-refractivity contribution in [3.63, 3.8) is 0 Å². The van der Waals surface area contributed by atoms with Gasteiger partial charge in [-0.1, -0.05) is 42.0 Å². The number of nitriles is 1. The monoisotopic (exact) mass is 378 g/mol. The molecule has 1 atom stereocenters. The summed E-state index contributed by atoms with van der Waals surface area (Å²) in [6, 6.07) is 16.4. The van der Waals surface area contributed by atoms with Crippen LogP contribution in [0.25, 0.3) is 6.08 Å². The van der Waals surface area contributed by atoms with Crippen molar-refractivity contribution >= 4 is 18.0 Å². The predicted molar refractivity (Wildman–Crippen MR) is 105 cm³/mol. The number of nitrogens with one attached hydrogen (secondary N) is 1. The van der Waals surface area contributed by atoms with E-state index in [9.17, 15) is 14.9 Å². The standard InChI is InChI=1S/C22H22N2O4/c1-15-7-9-17(10-8-15)14-24-21(25)16(2)28-22(26)19(13-23)11-18-5-4-6-20(12-18)27-3/h4-12,16H,14H2,1-3H3,(H,24,25)/b19-11+/t16-/m0/s1. The van der Waals surface area contributed by atoms with Gasteiger partial charge in [0.1, 0.15) is 17.4 Å². The van der Waals surface area contributed by atoms with E-state index >= 15 is 0 Å². The van der Waals surface area contributed by atoms with Gasteiger partial charge in [-0.25, -0.2) is 4.79 Å². The highest BCUT2D eigenvalue weighted by Crippen LogP contribution is 2.16. The molecule has 144 valence electrons. The molecule has 6 nitrogen and oxygen atoms in total. The second-order valence-electron chi connectivity index (χ2n) is 6.20. The van der Waals surface area contributed by atoms with Gasteiger partial charge in [-0.15, -0.1) is 0 Å². The van der Waals surface area contributed by atoms with E-state index in [-0.39, 0.29) is 5.57 Å². The highest BCUT2D eigenvalue weighted by atomic mass is 16.5. The second-order valence-corrected chi connectivity index (χ2v) is 6.20. The fourth-order valence-electron chi connectivity index (χ4n) is 2.35. The normalized spacial score (nSPS) is 11.9. The Kier molecular flexibility index (Phi) is 7.35. The summed E-state index contributed by atoms with van der Waals surface area (Å²) in [7, 11) is 1.53. The molecule has 1 N–H and O–H groups in total. The molecule has 0 aliphatic heterocycles. The van der Waals surface area contributed by atoms with E-state index in [4.69, 9.17) is 9.47 Å². The molecular formula is C22H22N2O4. The smallest absolute Gasteiger partial charge is 0.349 e. The Hall–Kier alpha value is -3.59. The number of aryl methyl sites for hydroxylation is 1. The molecule has 0 radical (unpaired) electrons. The Balaban J connectivity index is 1.96. The van der Waals surface area contributed by atoms with Gasteiger partial charge in [0, 0.05) is 6.54 Å². The Morgan fingerprint density at radius 1 is 1.21 bits per heavy atom. The van der Waals surface area contributed by atoms with E-state index < -0.39 is 18.0 Å². The lowest BCUT2D eigenvalue weighted by Crippen LogP contribution is -2.35. The van der Waals surface area contributed by atoms with Crippen LogP contribution < -0.4 is 10.1 Å². The molecule has 0 bridgehead atoms. The van der Waals surface area contributed by atoms with Gasteiger partial charge in [-0.2, -0.15) is 5.26 Å². The average Bonchev–Trinajstić information content (AvgIpc) is 2.71. The van der Waals surface area contributed by atoms with Crippen molar-refractivity contribution in [2.45, 2.75) is 26.5 Å². The number of amides is 1. The molecule has 1 amide bonds. The third-order valence-electron chi connectivity index (χ3n) is 3.99. The summed E-state index contributed by atoms with van der Waals surface area (Å²) < 4.78 is 10.2. The molecule has 6 heteroatoms. The van der Waals surface area contributed by atoms with Crippen molar-refractivity contribution in [2.75, 3.05) is 7.11 Å². The van der Waals surface area contributed by atoms with Gasteiger partial charge >= 0.3 is 5.97 Å². The summed E-state index contributed by atoms with van der Waals surface area (Å²) in [5.74, 6) is -0.695. The number of esters is 1. The van der Waals surface area contributed by atoms with Crippen LogP contribution in [0.5, 0.6) is 5.75 Å². The van der Waals surface area contributed by atoms with Crippen molar-refractivity contribution in [1.29, 1.82) is 5.26 Å². The zero-order valence-electron chi connectivity index (χ0n) is 16.1. The van der Waals surface area contributed by atoms with Crippen molar-refractivity contribution in [2.24, 2.45) is 0 Å². The number of ether oxygens (including phenoxy) is 2. The maximum atomic E-state index is 12.2. The number of carbonyl (C=O) groups excluding carboxylic acids is 2. The summed E-state index contributed by atoms with van der Waals surface area (Å²) in [5, 5.41) is 12.0. The molecule has 0 aliphatic rings. The first kappa shape index (κ1) is 20.7. The number of hydrogen-bond acceptors (Lipinski definition) is 5. The molecule has 2 aromatic carbocycles. The van der Waals surface area contributed by atoms with Gasteiger partial charge in [0.05, 0.1) is 7.11 Å². The first-order valence-corrected chi connectivity index (χ1v) is 8.73. The largest absolute Gasteiger partial charge is 0.497 e. The summed E-state index contributed by atoms with van der Waals surface area (Å²) in [4.78, 5) is 24.4. The third-order valence-corrected chi connectivity index (χ3v) is 3.99. The van der Waals surface area contributed by atoms with Crippen molar-refractivity contribution in [3.8, 4) is 11.8 Å². The highest BCUT2D eigenvalue weighted by molar-refractivity contribution is 5.99. The minimum Gasteiger partial charge on any atom is -0.497 e. The van der Waals surface area contributed by atoms with Crippen LogP contribution in [0.1, 0.15) is 23.6 Å². The SMILES string of the molecule is COc1cccc(/C=C(\C#N)C(=O)O[C@@H](C)C(=O)NCc2ccc(C)cc2)c1. The Morgan fingerprint density at radius 3 is 2.57 bits per heavy atom. The summed E-state index contributed by atoms with van der Waals surface area (Å²) >= 11 is 0. The molecule has 0 saturated heterocycles. The lowest BCUT2D eigenvalue weighted by Gasteiger charge is -2.13. The van der Waals surface area contributed by atoms with Crippen LogP contribution in [0, 0.1) is 18.3 Å². The Morgan fingerprint density at radius 2 is 1.93 bits per heavy atom. The maximum Gasteiger partial charge on any atom is 0.349 e. The summed E-state index contributed by atoms with van der Waals surface area (Å²) in [6.45, 7) is 3.77. The van der Waals surface area contributed by atoms with Gasteiger partial charge in [0.15, 0.2) is 6.10 Å². The van der Waals surface area contributed by atoms with Crippen LogP contribution in [0.4, 0.5) is 0 Å². The molecule has 0 heterocycles. The van der Waals surface area contributed by atoms with Gasteiger partial charge < -0.3 is 14.8 Å². The van der Waals surface area contributed by atoms with Crippen molar-refractivity contribution < 1.29 is 19.1 Å². The van der Waals surface area contributed by atoms with Crippen molar-refractivity contribution in [1.82, 2.24) is 5.32 Å². The van der Waals surface area contributed by atoms with Crippen LogP contribution in [-0.4, -0.2) is 25.1 Å². The quantitative estimate of drug-likeness (QED) is 0.454. The molecule has 0 spiro atoms. The lowest BCUT2D eigenvalue weighted by molar-refractivity contribution is -0.150. The van der Waals surface area contributed by atoms with E-state index in [0.29, 0.717) is 17.9 Å².